The summed E-state index contributed by atoms with van der Waals surface area (Å²) in [4.78, 5) is 13.3. The molecule has 3 rings (SSSR count). The standard InChI is InChI=1S/C15H18BrNO3S/c16-12-5-10-1-3-20-15(10)11(6-12)8-17-2-4-21-9-13(17)7-14(18)19/h5-6,13H,1-4,7-9H2,(H,18,19). The van der Waals surface area contributed by atoms with Crippen LogP contribution in [0.25, 0.3) is 0 Å². The van der Waals surface area contributed by atoms with E-state index in [2.05, 4.69) is 33.0 Å². The molecule has 1 fully saturated rings. The Morgan fingerprint density at radius 2 is 2.38 bits per heavy atom. The van der Waals surface area contributed by atoms with E-state index in [1.807, 2.05) is 11.8 Å². The molecule has 1 saturated heterocycles. The van der Waals surface area contributed by atoms with E-state index >= 15 is 0 Å². The van der Waals surface area contributed by atoms with E-state index in [-0.39, 0.29) is 12.5 Å². The van der Waals surface area contributed by atoms with E-state index in [0.29, 0.717) is 0 Å². The molecule has 21 heavy (non-hydrogen) atoms. The van der Waals surface area contributed by atoms with Crippen molar-refractivity contribution < 1.29 is 14.6 Å². The molecule has 1 atom stereocenters. The van der Waals surface area contributed by atoms with Crippen LogP contribution in [0.15, 0.2) is 16.6 Å². The number of fused-ring (bicyclic) bond motifs is 1. The van der Waals surface area contributed by atoms with E-state index in [9.17, 15) is 4.79 Å². The average molecular weight is 372 g/mol. The highest BCUT2D eigenvalue weighted by Gasteiger charge is 2.27. The minimum Gasteiger partial charge on any atom is -0.493 e. The Morgan fingerprint density at radius 1 is 1.52 bits per heavy atom. The highest BCUT2D eigenvalue weighted by molar-refractivity contribution is 9.10. The summed E-state index contributed by atoms with van der Waals surface area (Å²) in [5.41, 5.74) is 2.42. The number of aliphatic carboxylic acids is 1. The van der Waals surface area contributed by atoms with E-state index in [0.717, 1.165) is 47.8 Å². The summed E-state index contributed by atoms with van der Waals surface area (Å²) >= 11 is 5.41. The van der Waals surface area contributed by atoms with Gasteiger partial charge in [0.2, 0.25) is 0 Å². The van der Waals surface area contributed by atoms with Crippen molar-refractivity contribution in [1.29, 1.82) is 0 Å². The van der Waals surface area contributed by atoms with Crippen LogP contribution in [-0.2, 0) is 17.8 Å². The summed E-state index contributed by atoms with van der Waals surface area (Å²) in [5.74, 6) is 2.24. The Bertz CT molecular complexity index is 552. The van der Waals surface area contributed by atoms with Gasteiger partial charge >= 0.3 is 5.97 Å². The molecule has 2 aliphatic heterocycles. The van der Waals surface area contributed by atoms with E-state index in [1.165, 1.54) is 11.1 Å². The van der Waals surface area contributed by atoms with Crippen molar-refractivity contribution in [3.05, 3.63) is 27.7 Å². The monoisotopic (exact) mass is 371 g/mol. The Balaban J connectivity index is 1.80. The molecule has 0 amide bonds. The molecule has 1 aromatic rings. The van der Waals surface area contributed by atoms with Crippen LogP contribution in [0, 0.1) is 0 Å². The predicted molar refractivity (Wildman–Crippen MR) is 87.1 cm³/mol. The van der Waals surface area contributed by atoms with Crippen LogP contribution in [0.5, 0.6) is 5.75 Å². The number of ether oxygens (including phenoxy) is 1. The molecule has 0 aliphatic carbocycles. The number of halogens is 1. The zero-order chi connectivity index (χ0) is 14.8. The number of rotatable bonds is 4. The SMILES string of the molecule is O=C(O)CC1CSCCN1Cc1cc(Br)cc2c1OCC2. The fourth-order valence-corrected chi connectivity index (χ4v) is 4.65. The Labute approximate surface area is 137 Å². The molecular weight excluding hydrogens is 354 g/mol. The predicted octanol–water partition coefficient (Wildman–Crippen LogP) is 2.78. The van der Waals surface area contributed by atoms with Gasteiger partial charge in [0.1, 0.15) is 5.75 Å². The average Bonchev–Trinajstić information content (AvgIpc) is 2.88. The van der Waals surface area contributed by atoms with Gasteiger partial charge in [0.15, 0.2) is 0 Å². The Hall–Kier alpha value is -0.720. The van der Waals surface area contributed by atoms with E-state index in [4.69, 9.17) is 9.84 Å². The summed E-state index contributed by atoms with van der Waals surface area (Å²) in [7, 11) is 0. The topological polar surface area (TPSA) is 49.8 Å². The van der Waals surface area contributed by atoms with Gasteiger partial charge in [0.25, 0.3) is 0 Å². The van der Waals surface area contributed by atoms with Gasteiger partial charge in [0, 0.05) is 47.1 Å². The van der Waals surface area contributed by atoms with Gasteiger partial charge in [-0.05, 0) is 17.7 Å². The molecule has 2 heterocycles. The molecule has 6 heteroatoms. The number of carboxylic acids is 1. The van der Waals surface area contributed by atoms with Gasteiger partial charge in [-0.3, -0.25) is 9.69 Å². The van der Waals surface area contributed by atoms with Crippen LogP contribution in [0.3, 0.4) is 0 Å². The first-order valence-corrected chi connectivity index (χ1v) is 9.06. The third-order valence-electron chi connectivity index (χ3n) is 3.96. The number of thioether (sulfide) groups is 1. The minimum absolute atomic E-state index is 0.109. The molecule has 0 radical (unpaired) electrons. The summed E-state index contributed by atoms with van der Waals surface area (Å²) in [6.45, 7) is 2.44. The Kier molecular flexibility index (Phi) is 4.76. The molecule has 0 aromatic heterocycles. The lowest BCUT2D eigenvalue weighted by atomic mass is 10.1. The quantitative estimate of drug-likeness (QED) is 0.881. The first-order valence-electron chi connectivity index (χ1n) is 7.11. The van der Waals surface area contributed by atoms with Gasteiger partial charge < -0.3 is 9.84 Å². The first kappa shape index (κ1) is 15.2. The second-order valence-corrected chi connectivity index (χ2v) is 7.51. The second kappa shape index (κ2) is 6.58. The van der Waals surface area contributed by atoms with Crippen LogP contribution in [-0.4, -0.2) is 46.7 Å². The van der Waals surface area contributed by atoms with Crippen LogP contribution < -0.4 is 4.74 Å². The number of nitrogens with zero attached hydrogens (tertiary/aromatic N) is 1. The molecule has 2 aliphatic rings. The molecule has 0 bridgehead atoms. The third kappa shape index (κ3) is 3.55. The fraction of sp³-hybridized carbons (Fsp3) is 0.533. The zero-order valence-corrected chi connectivity index (χ0v) is 14.1. The van der Waals surface area contributed by atoms with E-state index in [1.54, 1.807) is 0 Å². The second-order valence-electron chi connectivity index (χ2n) is 5.45. The van der Waals surface area contributed by atoms with Crippen molar-refractivity contribution >= 4 is 33.7 Å². The first-order chi connectivity index (χ1) is 10.1. The molecule has 4 nitrogen and oxygen atoms in total. The molecule has 1 unspecified atom stereocenters. The number of hydrogen-bond acceptors (Lipinski definition) is 4. The maximum atomic E-state index is 11.0. The summed E-state index contributed by atoms with van der Waals surface area (Å²) in [6, 6.07) is 4.33. The van der Waals surface area contributed by atoms with Gasteiger partial charge in [0.05, 0.1) is 13.0 Å². The van der Waals surface area contributed by atoms with Gasteiger partial charge in [-0.25, -0.2) is 0 Å². The summed E-state index contributed by atoms with van der Waals surface area (Å²) < 4.78 is 6.85. The van der Waals surface area contributed by atoms with Crippen molar-refractivity contribution in [1.82, 2.24) is 4.90 Å². The lowest BCUT2D eigenvalue weighted by Crippen LogP contribution is -2.43. The highest BCUT2D eigenvalue weighted by atomic mass is 79.9. The maximum Gasteiger partial charge on any atom is 0.304 e. The number of hydrogen-bond donors (Lipinski definition) is 1. The van der Waals surface area contributed by atoms with Gasteiger partial charge in [-0.1, -0.05) is 15.9 Å². The maximum absolute atomic E-state index is 11.0. The van der Waals surface area contributed by atoms with Gasteiger partial charge in [-0.15, -0.1) is 0 Å². The van der Waals surface area contributed by atoms with Crippen molar-refractivity contribution in [3.63, 3.8) is 0 Å². The van der Waals surface area contributed by atoms with Crippen molar-refractivity contribution in [2.75, 3.05) is 24.7 Å². The molecule has 0 saturated carbocycles. The van der Waals surface area contributed by atoms with Crippen LogP contribution in [0.4, 0.5) is 0 Å². The van der Waals surface area contributed by atoms with Crippen molar-refractivity contribution in [2.24, 2.45) is 0 Å². The molecule has 114 valence electrons. The summed E-state index contributed by atoms with van der Waals surface area (Å²) in [5, 5.41) is 9.08. The van der Waals surface area contributed by atoms with Crippen molar-refractivity contribution in [3.8, 4) is 5.75 Å². The smallest absolute Gasteiger partial charge is 0.304 e. The number of benzene rings is 1. The highest BCUT2D eigenvalue weighted by Crippen LogP contribution is 2.34. The third-order valence-corrected chi connectivity index (χ3v) is 5.51. The minimum atomic E-state index is -0.719. The molecule has 1 aromatic carbocycles. The molecule has 0 spiro atoms. The Morgan fingerprint density at radius 3 is 3.19 bits per heavy atom. The van der Waals surface area contributed by atoms with Crippen LogP contribution in [0.1, 0.15) is 17.5 Å². The lowest BCUT2D eigenvalue weighted by molar-refractivity contribution is -0.138. The van der Waals surface area contributed by atoms with E-state index < -0.39 is 5.97 Å². The largest absolute Gasteiger partial charge is 0.493 e. The lowest BCUT2D eigenvalue weighted by Gasteiger charge is -2.34. The van der Waals surface area contributed by atoms with Crippen molar-refractivity contribution in [2.45, 2.75) is 25.4 Å². The molecule has 1 N–H and O–H groups in total. The normalized spacial score (nSPS) is 21.9. The van der Waals surface area contributed by atoms with Gasteiger partial charge in [-0.2, -0.15) is 11.8 Å². The zero-order valence-electron chi connectivity index (χ0n) is 11.7. The van der Waals surface area contributed by atoms with Crippen LogP contribution in [0.2, 0.25) is 0 Å². The van der Waals surface area contributed by atoms with Crippen LogP contribution >= 0.6 is 27.7 Å². The fourth-order valence-electron chi connectivity index (χ4n) is 2.97. The number of carboxylic acid groups (broad SMARTS) is 1. The summed E-state index contributed by atoms with van der Waals surface area (Å²) in [6.07, 6.45) is 1.17. The number of carbonyl (C=O) groups is 1. The molecular formula is C15H18BrNO3S.